The molecular weight excluding hydrogens is 258 g/mol. The average Bonchev–Trinajstić information content (AvgIpc) is 2.85. The van der Waals surface area contributed by atoms with Gasteiger partial charge in [0.15, 0.2) is 0 Å². The number of nitriles is 1. The number of nitrogens with one attached hydrogen (secondary N) is 1. The van der Waals surface area contributed by atoms with Gasteiger partial charge in [-0.1, -0.05) is 0 Å². The molecule has 0 aliphatic rings. The molecule has 1 N–H and O–H groups in total. The third-order valence-corrected chi connectivity index (χ3v) is 2.94. The summed E-state index contributed by atoms with van der Waals surface area (Å²) >= 11 is 0. The molecule has 0 aliphatic carbocycles. The Morgan fingerprint density at radius 2 is 2.30 bits per heavy atom. The van der Waals surface area contributed by atoms with Crippen LogP contribution in [0.5, 0.6) is 0 Å². The summed E-state index contributed by atoms with van der Waals surface area (Å²) < 4.78 is 1.84. The van der Waals surface area contributed by atoms with Crippen LogP contribution in [0, 0.1) is 21.4 Å². The molecule has 0 amide bonds. The van der Waals surface area contributed by atoms with Gasteiger partial charge < -0.3 is 9.88 Å². The Kier molecular flexibility index (Phi) is 3.66. The van der Waals surface area contributed by atoms with Gasteiger partial charge in [0.2, 0.25) is 0 Å². The van der Waals surface area contributed by atoms with Crippen molar-refractivity contribution in [1.82, 2.24) is 9.55 Å². The first-order valence-electron chi connectivity index (χ1n) is 5.95. The maximum absolute atomic E-state index is 11.1. The van der Waals surface area contributed by atoms with Crippen molar-refractivity contribution in [3.05, 3.63) is 52.1 Å². The summed E-state index contributed by atoms with van der Waals surface area (Å²) in [6.45, 7) is 1.87. The number of hydrogen-bond acceptors (Lipinski definition) is 5. The molecule has 0 radical (unpaired) electrons. The molecule has 0 fully saturated rings. The van der Waals surface area contributed by atoms with Crippen LogP contribution in [0.4, 0.5) is 11.4 Å². The fourth-order valence-electron chi connectivity index (χ4n) is 1.97. The summed E-state index contributed by atoms with van der Waals surface area (Å²) in [6, 6.07) is 6.04. The Hall–Kier alpha value is -2.88. The summed E-state index contributed by atoms with van der Waals surface area (Å²) in [5, 5.41) is 22.9. The maximum atomic E-state index is 11.1. The maximum Gasteiger partial charge on any atom is 0.293 e. The zero-order chi connectivity index (χ0) is 14.7. The molecular formula is C13H13N5O2. The highest BCUT2D eigenvalue weighted by atomic mass is 16.6. The van der Waals surface area contributed by atoms with Crippen LogP contribution < -0.4 is 5.32 Å². The lowest BCUT2D eigenvalue weighted by Crippen LogP contribution is -2.13. The van der Waals surface area contributed by atoms with Crippen molar-refractivity contribution in [2.75, 3.05) is 5.32 Å². The molecule has 102 valence electrons. The van der Waals surface area contributed by atoms with Gasteiger partial charge in [-0.3, -0.25) is 10.1 Å². The van der Waals surface area contributed by atoms with Crippen LogP contribution in [0.15, 0.2) is 30.6 Å². The Balaban J connectivity index is 2.32. The smallest absolute Gasteiger partial charge is 0.293 e. The van der Waals surface area contributed by atoms with Gasteiger partial charge in [0, 0.05) is 25.5 Å². The second kappa shape index (κ2) is 5.40. The molecule has 7 nitrogen and oxygen atoms in total. The lowest BCUT2D eigenvalue weighted by atomic mass is 10.1. The zero-order valence-electron chi connectivity index (χ0n) is 11.1. The second-order valence-corrected chi connectivity index (χ2v) is 4.36. The minimum atomic E-state index is -0.506. The van der Waals surface area contributed by atoms with Crippen molar-refractivity contribution in [1.29, 1.82) is 5.26 Å². The predicted molar refractivity (Wildman–Crippen MR) is 73.1 cm³/mol. The summed E-state index contributed by atoms with van der Waals surface area (Å²) in [7, 11) is 1.85. The summed E-state index contributed by atoms with van der Waals surface area (Å²) in [4.78, 5) is 14.8. The molecule has 1 unspecified atom stereocenters. The van der Waals surface area contributed by atoms with E-state index in [0.29, 0.717) is 5.69 Å². The highest BCUT2D eigenvalue weighted by Crippen LogP contribution is 2.28. The number of nitro benzene ring substituents is 1. The fraction of sp³-hybridized carbons (Fsp3) is 0.231. The lowest BCUT2D eigenvalue weighted by Gasteiger charge is -2.15. The summed E-state index contributed by atoms with van der Waals surface area (Å²) in [6.07, 6.45) is 3.47. The van der Waals surface area contributed by atoms with Crippen LogP contribution in [0.3, 0.4) is 0 Å². The van der Waals surface area contributed by atoms with Gasteiger partial charge in [-0.15, -0.1) is 0 Å². The van der Waals surface area contributed by atoms with E-state index in [0.717, 1.165) is 5.82 Å². The molecule has 2 rings (SSSR count). The van der Waals surface area contributed by atoms with E-state index >= 15 is 0 Å². The van der Waals surface area contributed by atoms with E-state index in [1.54, 1.807) is 18.5 Å². The Labute approximate surface area is 115 Å². The molecule has 0 bridgehead atoms. The molecule has 1 heterocycles. The van der Waals surface area contributed by atoms with E-state index < -0.39 is 4.92 Å². The molecule has 20 heavy (non-hydrogen) atoms. The van der Waals surface area contributed by atoms with E-state index in [-0.39, 0.29) is 17.3 Å². The van der Waals surface area contributed by atoms with Crippen LogP contribution in [0.2, 0.25) is 0 Å². The van der Waals surface area contributed by atoms with Gasteiger partial charge in [0.25, 0.3) is 5.69 Å². The molecule has 1 aromatic carbocycles. The molecule has 7 heteroatoms. The number of imidazole rings is 1. The molecule has 2 aromatic rings. The standard InChI is InChI=1S/C13H13N5O2/c1-9(13-15-5-6-17(13)2)16-11-4-3-10(8-14)7-12(11)18(19)20/h3-7,9,16H,1-2H3. The third-order valence-electron chi connectivity index (χ3n) is 2.94. The van der Waals surface area contributed by atoms with Crippen molar-refractivity contribution in [2.24, 2.45) is 7.05 Å². The molecule has 0 saturated heterocycles. The van der Waals surface area contributed by atoms with Crippen molar-refractivity contribution >= 4 is 11.4 Å². The number of aryl methyl sites for hydroxylation is 1. The SMILES string of the molecule is CC(Nc1ccc(C#N)cc1[N+](=O)[O-])c1nccn1C. The summed E-state index contributed by atoms with van der Waals surface area (Å²) in [5.74, 6) is 0.767. The number of benzene rings is 1. The average molecular weight is 271 g/mol. The minimum absolute atomic E-state index is 0.120. The topological polar surface area (TPSA) is 96.8 Å². The number of nitrogens with zero attached hydrogens (tertiary/aromatic N) is 4. The molecule has 1 atom stereocenters. The van der Waals surface area contributed by atoms with Crippen LogP contribution in [0.25, 0.3) is 0 Å². The summed E-state index contributed by atoms with van der Waals surface area (Å²) in [5.41, 5.74) is 0.501. The lowest BCUT2D eigenvalue weighted by molar-refractivity contribution is -0.384. The van der Waals surface area contributed by atoms with E-state index in [4.69, 9.17) is 5.26 Å². The van der Waals surface area contributed by atoms with Crippen molar-refractivity contribution in [3.63, 3.8) is 0 Å². The minimum Gasteiger partial charge on any atom is -0.370 e. The van der Waals surface area contributed by atoms with Crippen molar-refractivity contribution < 1.29 is 4.92 Å². The number of nitro groups is 1. The van der Waals surface area contributed by atoms with Gasteiger partial charge in [0.1, 0.15) is 11.5 Å². The first-order chi connectivity index (χ1) is 9.52. The van der Waals surface area contributed by atoms with Crippen molar-refractivity contribution in [2.45, 2.75) is 13.0 Å². The van der Waals surface area contributed by atoms with E-state index in [1.165, 1.54) is 12.1 Å². The molecule has 0 spiro atoms. The zero-order valence-corrected chi connectivity index (χ0v) is 11.1. The van der Waals surface area contributed by atoms with Crippen LogP contribution >= 0.6 is 0 Å². The van der Waals surface area contributed by atoms with Crippen LogP contribution in [-0.4, -0.2) is 14.5 Å². The highest BCUT2D eigenvalue weighted by Gasteiger charge is 2.18. The Morgan fingerprint density at radius 3 is 2.85 bits per heavy atom. The Bertz CT molecular complexity index is 686. The monoisotopic (exact) mass is 271 g/mol. The van der Waals surface area contributed by atoms with E-state index in [9.17, 15) is 10.1 Å². The van der Waals surface area contributed by atoms with Gasteiger partial charge in [0.05, 0.1) is 22.6 Å². The fourth-order valence-corrected chi connectivity index (χ4v) is 1.97. The molecule has 1 aromatic heterocycles. The first-order valence-corrected chi connectivity index (χ1v) is 5.95. The van der Waals surface area contributed by atoms with Gasteiger partial charge >= 0.3 is 0 Å². The van der Waals surface area contributed by atoms with E-state index in [2.05, 4.69) is 10.3 Å². The third kappa shape index (κ3) is 2.59. The normalized spacial score (nSPS) is 11.7. The number of hydrogen-bond donors (Lipinski definition) is 1. The van der Waals surface area contributed by atoms with Gasteiger partial charge in [-0.05, 0) is 19.1 Å². The highest BCUT2D eigenvalue weighted by molar-refractivity contribution is 5.64. The largest absolute Gasteiger partial charge is 0.370 e. The molecule has 0 saturated carbocycles. The predicted octanol–water partition coefficient (Wildman–Crippen LogP) is 2.37. The van der Waals surface area contributed by atoms with Crippen LogP contribution in [0.1, 0.15) is 24.4 Å². The first kappa shape index (κ1) is 13.5. The second-order valence-electron chi connectivity index (χ2n) is 4.36. The number of anilines is 1. The van der Waals surface area contributed by atoms with Gasteiger partial charge in [-0.25, -0.2) is 4.98 Å². The van der Waals surface area contributed by atoms with E-state index in [1.807, 2.05) is 24.6 Å². The number of rotatable bonds is 4. The Morgan fingerprint density at radius 1 is 1.55 bits per heavy atom. The quantitative estimate of drug-likeness (QED) is 0.680. The van der Waals surface area contributed by atoms with Gasteiger partial charge in [-0.2, -0.15) is 5.26 Å². The van der Waals surface area contributed by atoms with Crippen molar-refractivity contribution in [3.8, 4) is 6.07 Å². The van der Waals surface area contributed by atoms with Crippen LogP contribution in [-0.2, 0) is 7.05 Å². The molecule has 0 aliphatic heterocycles. The number of aromatic nitrogens is 2.